The molecule has 0 aromatic heterocycles. The van der Waals surface area contributed by atoms with E-state index in [0.29, 0.717) is 0 Å². The molecule has 35 valence electrons. The van der Waals surface area contributed by atoms with Crippen LogP contribution in [0.5, 0.6) is 0 Å². The van der Waals surface area contributed by atoms with E-state index in [-0.39, 0.29) is 0 Å². The topological polar surface area (TPSA) is 0 Å². The van der Waals surface area contributed by atoms with Crippen molar-refractivity contribution in [1.82, 2.24) is 0 Å². The zero-order valence-electron chi connectivity index (χ0n) is 4.31. The van der Waals surface area contributed by atoms with Crippen LogP contribution in [0.2, 0.25) is 0 Å². The van der Waals surface area contributed by atoms with E-state index in [1.807, 2.05) is 31.2 Å². The summed E-state index contributed by atoms with van der Waals surface area (Å²) in [5.41, 5.74) is 1.18. The molecule has 1 aliphatic carbocycles. The summed E-state index contributed by atoms with van der Waals surface area (Å²) in [6, 6.07) is 0. The molecular formula is C7H7. The lowest BCUT2D eigenvalue weighted by Gasteiger charge is -1.77. The maximum Gasteiger partial charge on any atom is -0.0109 e. The number of allylic oxidation sites excluding steroid dienone is 6. The normalized spacial score (nSPS) is 22.1. The van der Waals surface area contributed by atoms with Crippen LogP contribution in [0.4, 0.5) is 0 Å². The van der Waals surface area contributed by atoms with Crippen molar-refractivity contribution in [3.05, 3.63) is 36.0 Å². The van der Waals surface area contributed by atoms with Gasteiger partial charge in [0.15, 0.2) is 0 Å². The van der Waals surface area contributed by atoms with E-state index >= 15 is 0 Å². The van der Waals surface area contributed by atoms with Crippen LogP contribution in [0, 0.1) is 6.08 Å². The molecule has 0 unspecified atom stereocenters. The molecule has 0 heteroatoms. The second-order valence-corrected chi connectivity index (χ2v) is 1.41. The van der Waals surface area contributed by atoms with Gasteiger partial charge in [-0.15, -0.1) is 0 Å². The minimum Gasteiger partial charge on any atom is -0.0798 e. The predicted octanol–water partition coefficient (Wildman–Crippen LogP) is 1.86. The molecule has 0 N–H and O–H groups in total. The molecule has 0 fully saturated rings. The van der Waals surface area contributed by atoms with Gasteiger partial charge in [0.25, 0.3) is 0 Å². The van der Waals surface area contributed by atoms with E-state index in [1.165, 1.54) is 5.57 Å². The van der Waals surface area contributed by atoms with Crippen molar-refractivity contribution in [1.29, 1.82) is 0 Å². The van der Waals surface area contributed by atoms with Gasteiger partial charge < -0.3 is 0 Å². The van der Waals surface area contributed by atoms with Crippen molar-refractivity contribution in [3.8, 4) is 0 Å². The summed E-state index contributed by atoms with van der Waals surface area (Å²) >= 11 is 0. The van der Waals surface area contributed by atoms with Crippen LogP contribution in [-0.4, -0.2) is 0 Å². The summed E-state index contributed by atoms with van der Waals surface area (Å²) in [6.07, 6.45) is 11.0. The molecule has 0 spiro atoms. The molecule has 0 aliphatic heterocycles. The van der Waals surface area contributed by atoms with E-state index in [9.17, 15) is 0 Å². The highest BCUT2D eigenvalue weighted by Crippen LogP contribution is 2.03. The summed E-state index contributed by atoms with van der Waals surface area (Å²) in [6.45, 7) is 2.01. The summed E-state index contributed by atoms with van der Waals surface area (Å²) in [5.74, 6) is 0. The Hall–Kier alpha value is -0.780. The zero-order valence-corrected chi connectivity index (χ0v) is 4.31. The van der Waals surface area contributed by atoms with Crippen LogP contribution in [0.3, 0.4) is 0 Å². The standard InChI is InChI=1S/C7H7/c1-2-7-5-3-4-6-7/h2-5H,1H3. The number of hydrogen-bond acceptors (Lipinski definition) is 0. The number of rotatable bonds is 0. The largest absolute Gasteiger partial charge is 0.0798 e. The molecule has 1 rings (SSSR count). The molecule has 0 aromatic rings. The Morgan fingerprint density at radius 3 is 2.86 bits per heavy atom. The Balaban J connectivity index is 2.79. The zero-order chi connectivity index (χ0) is 5.11. The highest BCUT2D eigenvalue weighted by molar-refractivity contribution is 5.34. The van der Waals surface area contributed by atoms with Gasteiger partial charge in [-0.25, -0.2) is 0 Å². The molecule has 7 heavy (non-hydrogen) atoms. The molecule has 1 radical (unpaired) electrons. The summed E-state index contributed by atoms with van der Waals surface area (Å²) < 4.78 is 0. The Kier molecular flexibility index (Phi) is 1.12. The van der Waals surface area contributed by atoms with Gasteiger partial charge in [-0.05, 0) is 18.6 Å². The van der Waals surface area contributed by atoms with Crippen molar-refractivity contribution in [2.75, 3.05) is 0 Å². The van der Waals surface area contributed by atoms with Crippen molar-refractivity contribution in [2.45, 2.75) is 6.92 Å². The smallest absolute Gasteiger partial charge is 0.0109 e. The van der Waals surface area contributed by atoms with Gasteiger partial charge in [0, 0.05) is 0 Å². The third kappa shape index (κ3) is 0.801. The Labute approximate surface area is 43.9 Å². The third-order valence-corrected chi connectivity index (χ3v) is 0.933. The maximum absolute atomic E-state index is 3.03. The van der Waals surface area contributed by atoms with Crippen molar-refractivity contribution >= 4 is 0 Å². The molecule has 0 amide bonds. The van der Waals surface area contributed by atoms with E-state index in [1.54, 1.807) is 0 Å². The van der Waals surface area contributed by atoms with Gasteiger partial charge in [0.1, 0.15) is 0 Å². The lowest BCUT2D eigenvalue weighted by atomic mass is 10.3. The monoisotopic (exact) mass is 91.1 g/mol. The van der Waals surface area contributed by atoms with Crippen molar-refractivity contribution in [2.24, 2.45) is 0 Å². The van der Waals surface area contributed by atoms with Crippen LogP contribution in [-0.2, 0) is 0 Å². The minimum absolute atomic E-state index is 1.18. The summed E-state index contributed by atoms with van der Waals surface area (Å²) in [5, 5.41) is 0. The van der Waals surface area contributed by atoms with Crippen molar-refractivity contribution in [3.63, 3.8) is 0 Å². The summed E-state index contributed by atoms with van der Waals surface area (Å²) in [7, 11) is 0. The summed E-state index contributed by atoms with van der Waals surface area (Å²) in [4.78, 5) is 0. The van der Waals surface area contributed by atoms with E-state index < -0.39 is 0 Å². The average Bonchev–Trinajstić information content (AvgIpc) is 2.14. The van der Waals surface area contributed by atoms with Crippen LogP contribution in [0.25, 0.3) is 0 Å². The lowest BCUT2D eigenvalue weighted by molar-refractivity contribution is 1.61. The molecule has 1 aliphatic rings. The van der Waals surface area contributed by atoms with Crippen molar-refractivity contribution < 1.29 is 0 Å². The fourth-order valence-electron chi connectivity index (χ4n) is 0.524. The Bertz CT molecular complexity index is 122. The molecule has 0 nitrogen and oxygen atoms in total. The fourth-order valence-corrected chi connectivity index (χ4v) is 0.524. The predicted molar refractivity (Wildman–Crippen MR) is 30.7 cm³/mol. The second kappa shape index (κ2) is 1.78. The van der Waals surface area contributed by atoms with Gasteiger partial charge in [-0.3, -0.25) is 0 Å². The van der Waals surface area contributed by atoms with Gasteiger partial charge in [0.05, 0.1) is 0 Å². The Morgan fingerprint density at radius 1 is 1.71 bits per heavy atom. The van der Waals surface area contributed by atoms with Crippen LogP contribution >= 0.6 is 0 Å². The number of hydrogen-bond donors (Lipinski definition) is 0. The SMILES string of the molecule is CC=C1[C]=CC=C1. The molecular weight excluding hydrogens is 84.1 g/mol. The Morgan fingerprint density at radius 2 is 2.57 bits per heavy atom. The first-order valence-corrected chi connectivity index (χ1v) is 2.36. The second-order valence-electron chi connectivity index (χ2n) is 1.41. The molecule has 0 heterocycles. The molecule has 0 saturated heterocycles. The van der Waals surface area contributed by atoms with Gasteiger partial charge in [0.2, 0.25) is 0 Å². The lowest BCUT2D eigenvalue weighted by Crippen LogP contribution is -1.59. The first-order chi connectivity index (χ1) is 3.43. The average molecular weight is 91.1 g/mol. The van der Waals surface area contributed by atoms with Gasteiger partial charge >= 0.3 is 0 Å². The van der Waals surface area contributed by atoms with E-state index in [4.69, 9.17) is 0 Å². The van der Waals surface area contributed by atoms with Crippen LogP contribution in [0.1, 0.15) is 6.92 Å². The highest BCUT2D eigenvalue weighted by Gasteiger charge is 1.85. The first-order valence-electron chi connectivity index (χ1n) is 2.36. The molecule has 0 saturated carbocycles. The van der Waals surface area contributed by atoms with E-state index in [2.05, 4.69) is 6.08 Å². The molecule has 0 atom stereocenters. The molecule has 0 bridgehead atoms. The highest BCUT2D eigenvalue weighted by atomic mass is 13.9. The fraction of sp³-hybridized carbons (Fsp3) is 0.143. The third-order valence-electron chi connectivity index (χ3n) is 0.933. The van der Waals surface area contributed by atoms with Gasteiger partial charge in [-0.2, -0.15) is 0 Å². The van der Waals surface area contributed by atoms with Crippen LogP contribution in [0.15, 0.2) is 29.9 Å². The van der Waals surface area contributed by atoms with E-state index in [0.717, 1.165) is 0 Å². The maximum atomic E-state index is 3.03. The quantitative estimate of drug-likeness (QED) is 0.427. The van der Waals surface area contributed by atoms with Gasteiger partial charge in [-0.1, -0.05) is 24.3 Å². The first kappa shape index (κ1) is 4.38. The molecule has 0 aromatic carbocycles. The van der Waals surface area contributed by atoms with Crippen LogP contribution < -0.4 is 0 Å². The minimum atomic E-state index is 1.18.